The number of rotatable bonds is 12. The summed E-state index contributed by atoms with van der Waals surface area (Å²) in [6, 6.07) is 14.9. The molecule has 3 aromatic rings. The molecule has 1 aromatic heterocycles. The lowest BCUT2D eigenvalue weighted by atomic mass is 10.1. The Morgan fingerprint density at radius 1 is 0.875 bits per heavy atom. The normalized spacial score (nSPS) is 10.7. The predicted molar refractivity (Wildman–Crippen MR) is 130 cm³/mol. The highest BCUT2D eigenvalue weighted by Gasteiger charge is 2.09. The number of aromatic nitrogens is 2. The minimum atomic E-state index is -0.362. The molecule has 0 bridgehead atoms. The summed E-state index contributed by atoms with van der Waals surface area (Å²) in [7, 11) is 0. The molecule has 0 amide bonds. The molecule has 1 heterocycles. The molecule has 0 fully saturated rings. The van der Waals surface area contributed by atoms with Crippen LogP contribution in [-0.4, -0.2) is 15.9 Å². The Labute approximate surface area is 191 Å². The third kappa shape index (κ3) is 7.16. The summed E-state index contributed by atoms with van der Waals surface area (Å²) in [4.78, 5) is 21.4. The van der Waals surface area contributed by atoms with E-state index in [0.29, 0.717) is 17.1 Å². The Hall–Kier alpha value is -3.27. The lowest BCUT2D eigenvalue weighted by molar-refractivity contribution is 0.0735. The van der Waals surface area contributed by atoms with Gasteiger partial charge in [0.05, 0.1) is 5.56 Å². The number of unbranched alkanes of at least 4 members (excludes halogenated alkanes) is 4. The quantitative estimate of drug-likeness (QED) is 0.135. The lowest BCUT2D eigenvalue weighted by Gasteiger charge is -2.07. The van der Waals surface area contributed by atoms with Gasteiger partial charge in [0.1, 0.15) is 5.75 Å². The van der Waals surface area contributed by atoms with Gasteiger partial charge in [-0.3, -0.25) is 0 Å². The molecule has 32 heavy (non-hydrogen) atoms. The van der Waals surface area contributed by atoms with Crippen molar-refractivity contribution in [2.45, 2.75) is 58.3 Å². The van der Waals surface area contributed by atoms with Crippen LogP contribution < -0.4 is 4.74 Å². The van der Waals surface area contributed by atoms with Gasteiger partial charge in [0.15, 0.2) is 5.82 Å². The van der Waals surface area contributed by atoms with Crippen LogP contribution >= 0.6 is 0 Å². The van der Waals surface area contributed by atoms with Crippen molar-refractivity contribution in [3.05, 3.63) is 90.3 Å². The standard InChI is InChI=1S/C28H32N2O2/c1-3-5-7-9-11-23-20-29-27(30-21-23)24-16-18-26(19-17-24)32-28(31)25-14-12-22(13-15-25)10-8-6-4-2/h4,12-21H,2-3,5-11H2,1H3. The first-order valence-corrected chi connectivity index (χ1v) is 11.5. The second-order valence-corrected chi connectivity index (χ2v) is 8.02. The molecule has 0 radical (unpaired) electrons. The van der Waals surface area contributed by atoms with Gasteiger partial charge in [-0.2, -0.15) is 0 Å². The molecule has 0 aliphatic carbocycles. The number of allylic oxidation sites excluding steroid dienone is 1. The van der Waals surface area contributed by atoms with E-state index in [2.05, 4.69) is 23.5 Å². The van der Waals surface area contributed by atoms with Gasteiger partial charge in [-0.1, -0.05) is 44.4 Å². The maximum atomic E-state index is 12.4. The van der Waals surface area contributed by atoms with Gasteiger partial charge in [0.2, 0.25) is 0 Å². The lowest BCUT2D eigenvalue weighted by Crippen LogP contribution is -2.08. The zero-order chi connectivity index (χ0) is 22.6. The van der Waals surface area contributed by atoms with Gasteiger partial charge >= 0.3 is 5.97 Å². The van der Waals surface area contributed by atoms with E-state index in [4.69, 9.17) is 4.74 Å². The number of nitrogens with zero attached hydrogens (tertiary/aromatic N) is 2. The second kappa shape index (κ2) is 12.6. The zero-order valence-corrected chi connectivity index (χ0v) is 18.9. The molecule has 0 spiro atoms. The predicted octanol–water partition coefficient (Wildman–Crippen LogP) is 6.99. The van der Waals surface area contributed by atoms with E-state index in [1.54, 1.807) is 12.1 Å². The molecule has 0 saturated heterocycles. The molecule has 0 N–H and O–H groups in total. The number of ether oxygens (including phenoxy) is 1. The summed E-state index contributed by atoms with van der Waals surface area (Å²) in [5.41, 5.74) is 3.81. The van der Waals surface area contributed by atoms with Gasteiger partial charge in [0, 0.05) is 18.0 Å². The van der Waals surface area contributed by atoms with Gasteiger partial charge in [-0.05, 0) is 79.6 Å². The van der Waals surface area contributed by atoms with Crippen molar-refractivity contribution in [2.75, 3.05) is 0 Å². The fraction of sp³-hybridized carbons (Fsp3) is 0.321. The highest BCUT2D eigenvalue weighted by molar-refractivity contribution is 5.91. The van der Waals surface area contributed by atoms with Crippen LogP contribution in [0, 0.1) is 0 Å². The van der Waals surface area contributed by atoms with Crippen molar-refractivity contribution < 1.29 is 9.53 Å². The van der Waals surface area contributed by atoms with Crippen LogP contribution in [0.1, 0.15) is 66.9 Å². The molecule has 2 aromatic carbocycles. The van der Waals surface area contributed by atoms with Crippen molar-refractivity contribution in [1.82, 2.24) is 9.97 Å². The van der Waals surface area contributed by atoms with Crippen molar-refractivity contribution in [3.8, 4) is 17.1 Å². The van der Waals surface area contributed by atoms with E-state index >= 15 is 0 Å². The summed E-state index contributed by atoms with van der Waals surface area (Å²) in [5.74, 6) is 0.813. The highest BCUT2D eigenvalue weighted by atomic mass is 16.5. The fourth-order valence-corrected chi connectivity index (χ4v) is 3.48. The third-order valence-electron chi connectivity index (χ3n) is 5.41. The van der Waals surface area contributed by atoms with E-state index in [1.165, 1.54) is 36.8 Å². The molecule has 4 nitrogen and oxygen atoms in total. The van der Waals surface area contributed by atoms with Crippen LogP contribution in [0.3, 0.4) is 0 Å². The minimum absolute atomic E-state index is 0.362. The van der Waals surface area contributed by atoms with Gasteiger partial charge in [-0.25, -0.2) is 14.8 Å². The number of benzene rings is 2. The molecule has 166 valence electrons. The minimum Gasteiger partial charge on any atom is -0.423 e. The van der Waals surface area contributed by atoms with Gasteiger partial charge in [0.25, 0.3) is 0 Å². The number of hydrogen-bond acceptors (Lipinski definition) is 4. The van der Waals surface area contributed by atoms with Crippen molar-refractivity contribution in [1.29, 1.82) is 0 Å². The Kier molecular flexibility index (Phi) is 9.18. The van der Waals surface area contributed by atoms with Gasteiger partial charge in [-0.15, -0.1) is 6.58 Å². The molecule has 0 unspecified atom stereocenters. The summed E-state index contributed by atoms with van der Waals surface area (Å²) in [6.07, 6.45) is 14.7. The first-order chi connectivity index (χ1) is 15.7. The summed E-state index contributed by atoms with van der Waals surface area (Å²) in [5, 5.41) is 0. The fourth-order valence-electron chi connectivity index (χ4n) is 3.48. The van der Waals surface area contributed by atoms with Crippen LogP contribution in [0.2, 0.25) is 0 Å². The van der Waals surface area contributed by atoms with E-state index in [1.807, 2.05) is 54.9 Å². The number of hydrogen-bond donors (Lipinski definition) is 0. The van der Waals surface area contributed by atoms with Crippen LogP contribution in [-0.2, 0) is 12.8 Å². The average molecular weight is 429 g/mol. The average Bonchev–Trinajstić information content (AvgIpc) is 2.83. The highest BCUT2D eigenvalue weighted by Crippen LogP contribution is 2.21. The summed E-state index contributed by atoms with van der Waals surface area (Å²) in [6.45, 7) is 5.96. The SMILES string of the molecule is C=CCCCc1ccc(C(=O)Oc2ccc(-c3ncc(CCCCCC)cn3)cc2)cc1. The molecule has 4 heteroatoms. The Morgan fingerprint density at radius 2 is 1.56 bits per heavy atom. The molecular weight excluding hydrogens is 396 g/mol. The molecule has 0 atom stereocenters. The monoisotopic (exact) mass is 428 g/mol. The van der Waals surface area contributed by atoms with Gasteiger partial charge < -0.3 is 4.74 Å². The van der Waals surface area contributed by atoms with E-state index in [-0.39, 0.29) is 5.97 Å². The largest absolute Gasteiger partial charge is 0.423 e. The maximum Gasteiger partial charge on any atom is 0.343 e. The summed E-state index contributed by atoms with van der Waals surface area (Å²) >= 11 is 0. The van der Waals surface area contributed by atoms with Crippen LogP contribution in [0.5, 0.6) is 5.75 Å². The Morgan fingerprint density at radius 3 is 2.22 bits per heavy atom. The molecule has 3 rings (SSSR count). The van der Waals surface area contributed by atoms with E-state index in [9.17, 15) is 4.79 Å². The van der Waals surface area contributed by atoms with E-state index < -0.39 is 0 Å². The van der Waals surface area contributed by atoms with Crippen LogP contribution in [0.15, 0.2) is 73.6 Å². The third-order valence-corrected chi connectivity index (χ3v) is 5.41. The van der Waals surface area contributed by atoms with Crippen molar-refractivity contribution in [3.63, 3.8) is 0 Å². The van der Waals surface area contributed by atoms with Crippen LogP contribution in [0.25, 0.3) is 11.4 Å². The maximum absolute atomic E-state index is 12.4. The van der Waals surface area contributed by atoms with E-state index in [0.717, 1.165) is 31.2 Å². The summed E-state index contributed by atoms with van der Waals surface area (Å²) < 4.78 is 5.52. The number of esters is 1. The smallest absolute Gasteiger partial charge is 0.343 e. The molecular formula is C28H32N2O2. The molecule has 0 aliphatic heterocycles. The molecule has 0 saturated carbocycles. The Balaban J connectivity index is 1.54. The first-order valence-electron chi connectivity index (χ1n) is 11.5. The van der Waals surface area contributed by atoms with Crippen LogP contribution in [0.4, 0.5) is 0 Å². The number of aryl methyl sites for hydroxylation is 2. The second-order valence-electron chi connectivity index (χ2n) is 8.02. The zero-order valence-electron chi connectivity index (χ0n) is 18.9. The number of carbonyl (C=O) groups is 1. The Bertz CT molecular complexity index is 977. The van der Waals surface area contributed by atoms with Crippen molar-refractivity contribution >= 4 is 5.97 Å². The topological polar surface area (TPSA) is 52.1 Å². The first kappa shape index (κ1) is 23.4. The van der Waals surface area contributed by atoms with Crippen molar-refractivity contribution in [2.24, 2.45) is 0 Å². The molecule has 0 aliphatic rings. The number of carbonyl (C=O) groups excluding carboxylic acids is 1.